The first-order valence-corrected chi connectivity index (χ1v) is 34.3. The Morgan fingerprint density at radius 2 is 0.737 bits per heavy atom. The molecule has 8 nitrogen and oxygen atoms in total. The Morgan fingerprint density at radius 1 is 0.358 bits per heavy atom. The molecule has 0 amide bonds. The molecule has 4 aromatic heterocycles. The van der Waals surface area contributed by atoms with Crippen LogP contribution in [0.4, 0.5) is 28.4 Å². The molecular formula is C85H81BrN8S. The summed E-state index contributed by atoms with van der Waals surface area (Å²) in [6.07, 6.45) is 9.67. The molecule has 0 radical (unpaired) electrons. The van der Waals surface area contributed by atoms with E-state index in [4.69, 9.17) is 15.0 Å². The molecule has 0 saturated carbocycles. The summed E-state index contributed by atoms with van der Waals surface area (Å²) in [7, 11) is 0. The first kappa shape index (κ1) is 66.3. The lowest BCUT2D eigenvalue weighted by atomic mass is 9.92. The number of pyridine rings is 2. The number of thiol groups is 1. The molecule has 0 unspecified atom stereocenters. The van der Waals surface area contributed by atoms with Crippen LogP contribution in [0.3, 0.4) is 0 Å². The van der Waals surface area contributed by atoms with Gasteiger partial charge < -0.3 is 10.2 Å². The number of hydrogen-bond acceptors (Lipinski definition) is 7. The smallest absolute Gasteiger partial charge is 0.144 e. The Balaban J connectivity index is 0.000000157. The fourth-order valence-electron chi connectivity index (χ4n) is 12.1. The second-order valence-electron chi connectivity index (χ2n) is 24.6. The minimum Gasteiger partial charge on any atom is -0.356 e. The molecule has 0 aliphatic heterocycles. The van der Waals surface area contributed by atoms with E-state index >= 15 is 0 Å². The maximum atomic E-state index is 4.99. The molecule has 474 valence electrons. The molecule has 14 aromatic rings. The van der Waals surface area contributed by atoms with Crippen molar-refractivity contribution in [2.75, 3.05) is 16.5 Å². The monoisotopic (exact) mass is 1320 g/mol. The predicted octanol–water partition coefficient (Wildman–Crippen LogP) is 24.2. The lowest BCUT2D eigenvalue weighted by molar-refractivity contribution is 0.806. The number of anilines is 5. The molecule has 0 aliphatic rings. The minimum atomic E-state index is 0.383. The Hall–Kier alpha value is -10.1. The van der Waals surface area contributed by atoms with Crippen molar-refractivity contribution in [3.63, 3.8) is 0 Å². The number of hydrogen-bond donors (Lipinski definition) is 2. The summed E-state index contributed by atoms with van der Waals surface area (Å²) in [5, 5.41) is 5.72. The van der Waals surface area contributed by atoms with Gasteiger partial charge in [-0.3, -0.25) is 9.13 Å². The lowest BCUT2D eigenvalue weighted by Crippen LogP contribution is -2.11. The SMILES string of the molecule is CC(C)c1cccc(C(C)C)c1-n1ccnc1-c1cccc(Br)c1.CC(C)c1cccc(C(C)C)c1-n1ccnc1-c1cccc(N(c2ccccc2)c2cccc(-c3ccc4ccccc4n3)c2)c1.CS.c1ccc(Nc2cccc(-c3ccc4ccccc4n3)c2)cc1. The number of nitrogens with zero attached hydrogens (tertiary/aromatic N) is 7. The largest absolute Gasteiger partial charge is 0.356 e. The van der Waals surface area contributed by atoms with Crippen LogP contribution < -0.4 is 10.2 Å². The molecule has 10 aromatic carbocycles. The van der Waals surface area contributed by atoms with Gasteiger partial charge in [-0.15, -0.1) is 0 Å². The van der Waals surface area contributed by atoms with Crippen LogP contribution in [0.2, 0.25) is 0 Å². The fourth-order valence-corrected chi connectivity index (χ4v) is 12.5. The molecule has 95 heavy (non-hydrogen) atoms. The maximum Gasteiger partial charge on any atom is 0.144 e. The Labute approximate surface area is 574 Å². The van der Waals surface area contributed by atoms with E-state index in [0.717, 1.165) is 100 Å². The standard InChI is InChI=1S/C42H38N4.C21H23BrN2.C21H16N2.CH4S/c1-29(2)37-20-12-21-38(30(3)4)41(37)45-26-25-43-42(45)33-15-11-19-36(28-33)46(34-16-6-5-7-17-34)35-18-10-14-32(27-35)40-24-23-31-13-8-9-22-39(31)44-40;1-14(2)18-9-6-10-19(15(3)4)20(18)24-12-11-23-21(24)16-7-5-8-17(22)13-16;1-2-9-18(10-3-1)22-19-11-6-8-17(15-19)21-14-13-16-7-4-5-12-20(16)23-21;1-2/h5-30H,1-4H3;5-15H,1-4H3;1-15,22H;2H,1H3. The molecule has 0 spiro atoms. The number of rotatable bonds is 15. The first-order valence-electron chi connectivity index (χ1n) is 32.6. The van der Waals surface area contributed by atoms with Crippen molar-refractivity contribution in [2.24, 2.45) is 0 Å². The summed E-state index contributed by atoms with van der Waals surface area (Å²) >= 11 is 7.09. The average Bonchev–Trinajstić information content (AvgIpc) is 1.77. The van der Waals surface area contributed by atoms with Gasteiger partial charge in [-0.25, -0.2) is 19.9 Å². The maximum absolute atomic E-state index is 4.99. The first-order chi connectivity index (χ1) is 46.3. The summed E-state index contributed by atoms with van der Waals surface area (Å²) < 4.78 is 5.59. The topological polar surface area (TPSA) is 76.7 Å². The number of fused-ring (bicyclic) bond motifs is 2. The van der Waals surface area contributed by atoms with E-state index in [2.05, 4.69) is 339 Å². The van der Waals surface area contributed by atoms with Crippen LogP contribution in [-0.4, -0.2) is 35.3 Å². The zero-order chi connectivity index (χ0) is 66.4. The third-order valence-corrected chi connectivity index (χ3v) is 17.2. The van der Waals surface area contributed by atoms with Crippen molar-refractivity contribution < 1.29 is 0 Å². The van der Waals surface area contributed by atoms with E-state index in [1.807, 2.05) is 60.9 Å². The number of halogens is 1. The molecule has 0 saturated heterocycles. The third kappa shape index (κ3) is 15.6. The van der Waals surface area contributed by atoms with Crippen LogP contribution in [0, 0.1) is 0 Å². The van der Waals surface area contributed by atoms with Gasteiger partial charge in [-0.2, -0.15) is 12.6 Å². The number of para-hydroxylation sites is 6. The Kier molecular flexibility index (Phi) is 21.8. The number of imidazole rings is 2. The second-order valence-corrected chi connectivity index (χ2v) is 25.5. The van der Waals surface area contributed by atoms with E-state index in [-0.39, 0.29) is 0 Å². The van der Waals surface area contributed by atoms with Gasteiger partial charge in [0.1, 0.15) is 11.6 Å². The van der Waals surface area contributed by atoms with Crippen LogP contribution >= 0.6 is 28.6 Å². The highest BCUT2D eigenvalue weighted by atomic mass is 79.9. The molecule has 0 aliphatic carbocycles. The molecule has 0 bridgehead atoms. The Morgan fingerprint density at radius 3 is 1.22 bits per heavy atom. The van der Waals surface area contributed by atoms with Gasteiger partial charge in [0, 0.05) is 90.7 Å². The Bertz CT molecular complexity index is 4790. The molecule has 1 N–H and O–H groups in total. The van der Waals surface area contributed by atoms with Gasteiger partial charge in [0.25, 0.3) is 0 Å². The van der Waals surface area contributed by atoms with Crippen LogP contribution in [0.25, 0.3) is 78.5 Å². The van der Waals surface area contributed by atoms with Crippen LogP contribution in [0.15, 0.2) is 296 Å². The fraction of sp³-hybridized carbons (Fsp3) is 0.153. The number of nitrogens with one attached hydrogen (secondary N) is 1. The van der Waals surface area contributed by atoms with Crippen molar-refractivity contribution in [1.29, 1.82) is 0 Å². The van der Waals surface area contributed by atoms with E-state index in [9.17, 15) is 0 Å². The number of benzene rings is 10. The zero-order valence-electron chi connectivity index (χ0n) is 55.5. The molecule has 14 rings (SSSR count). The zero-order valence-corrected chi connectivity index (χ0v) is 58.0. The normalized spacial score (nSPS) is 11.1. The average molecular weight is 1330 g/mol. The van der Waals surface area contributed by atoms with Crippen molar-refractivity contribution >= 4 is 78.8 Å². The molecule has 10 heteroatoms. The van der Waals surface area contributed by atoms with Gasteiger partial charge in [-0.1, -0.05) is 241 Å². The third-order valence-electron chi connectivity index (χ3n) is 16.7. The van der Waals surface area contributed by atoms with Crippen LogP contribution in [0.1, 0.15) is 101 Å². The molecule has 0 atom stereocenters. The quantitative estimate of drug-likeness (QED) is 0.0996. The molecular weight excluding hydrogens is 1240 g/mol. The summed E-state index contributed by atoms with van der Waals surface area (Å²) in [4.78, 5) is 21.6. The minimum absolute atomic E-state index is 0.383. The second kappa shape index (κ2) is 31.2. The summed E-state index contributed by atoms with van der Waals surface area (Å²) in [6, 6.07) is 92.9. The molecule has 4 heterocycles. The van der Waals surface area contributed by atoms with Gasteiger partial charge in [0.05, 0.1) is 33.8 Å². The van der Waals surface area contributed by atoms with E-state index < -0.39 is 0 Å². The van der Waals surface area contributed by atoms with Gasteiger partial charge in [-0.05, 0) is 149 Å². The van der Waals surface area contributed by atoms with E-state index in [1.54, 1.807) is 6.26 Å². The predicted molar refractivity (Wildman–Crippen MR) is 409 cm³/mol. The van der Waals surface area contributed by atoms with Gasteiger partial charge >= 0.3 is 0 Å². The van der Waals surface area contributed by atoms with E-state index in [0.29, 0.717) is 23.7 Å². The van der Waals surface area contributed by atoms with Crippen molar-refractivity contribution in [2.45, 2.75) is 79.1 Å². The van der Waals surface area contributed by atoms with Crippen molar-refractivity contribution in [3.05, 3.63) is 318 Å². The van der Waals surface area contributed by atoms with Crippen molar-refractivity contribution in [3.8, 4) is 56.7 Å². The highest BCUT2D eigenvalue weighted by Gasteiger charge is 2.22. The van der Waals surface area contributed by atoms with E-state index in [1.165, 1.54) is 33.6 Å². The van der Waals surface area contributed by atoms with Crippen LogP contribution in [-0.2, 0) is 0 Å². The van der Waals surface area contributed by atoms with Gasteiger partial charge in [0.15, 0.2) is 0 Å². The summed E-state index contributed by atoms with van der Waals surface area (Å²) in [5.41, 5.74) is 21.5. The van der Waals surface area contributed by atoms with Gasteiger partial charge in [0.2, 0.25) is 0 Å². The van der Waals surface area contributed by atoms with Crippen LogP contribution in [0.5, 0.6) is 0 Å². The lowest BCUT2D eigenvalue weighted by Gasteiger charge is -2.26. The summed E-state index contributed by atoms with van der Waals surface area (Å²) in [5.74, 6) is 3.58. The molecule has 0 fully saturated rings. The number of aromatic nitrogens is 6. The highest BCUT2D eigenvalue weighted by molar-refractivity contribution is 9.10. The summed E-state index contributed by atoms with van der Waals surface area (Å²) in [6.45, 7) is 18.0. The highest BCUT2D eigenvalue weighted by Crippen LogP contribution is 2.41. The van der Waals surface area contributed by atoms with Crippen molar-refractivity contribution in [1.82, 2.24) is 29.1 Å².